The fraction of sp³-hybridized carbons (Fsp3) is 0.700. The molecule has 1 aliphatic heterocycles. The van der Waals surface area contributed by atoms with Crippen molar-refractivity contribution >= 4 is 28.7 Å². The lowest BCUT2D eigenvalue weighted by atomic mass is 10.2. The Morgan fingerprint density at radius 2 is 2.25 bits per heavy atom. The number of hydrogen-bond donors (Lipinski definition) is 1. The molecule has 0 aromatic carbocycles. The molecule has 0 unspecified atom stereocenters. The van der Waals surface area contributed by atoms with Crippen molar-refractivity contribution in [3.8, 4) is 0 Å². The average molecular weight is 243 g/mol. The number of nitrogens with zero attached hydrogens (tertiary/aromatic N) is 2. The van der Waals surface area contributed by atoms with Crippen LogP contribution in [0.1, 0.15) is 20.3 Å². The van der Waals surface area contributed by atoms with Gasteiger partial charge in [0.25, 0.3) is 0 Å². The molecule has 2 amide bonds. The second-order valence-electron chi connectivity index (χ2n) is 3.94. The molecule has 1 aliphatic rings. The summed E-state index contributed by atoms with van der Waals surface area (Å²) < 4.78 is 0. The van der Waals surface area contributed by atoms with Gasteiger partial charge in [-0.05, 0) is 13.8 Å². The lowest BCUT2D eigenvalue weighted by molar-refractivity contribution is -0.128. The number of carbonyl (C=O) groups excluding carboxylic acids is 2. The molecule has 5 nitrogen and oxygen atoms in total. The van der Waals surface area contributed by atoms with E-state index in [1.165, 1.54) is 16.7 Å². The van der Waals surface area contributed by atoms with Crippen LogP contribution in [0.15, 0.2) is 4.99 Å². The van der Waals surface area contributed by atoms with Crippen LogP contribution in [0, 0.1) is 0 Å². The fourth-order valence-corrected chi connectivity index (χ4v) is 2.55. The van der Waals surface area contributed by atoms with Crippen LogP contribution < -0.4 is 5.32 Å². The predicted molar refractivity (Wildman–Crippen MR) is 65.4 cm³/mol. The number of thioether (sulfide) groups is 1. The molecule has 0 radical (unpaired) electrons. The number of amides is 2. The predicted octanol–water partition coefficient (Wildman–Crippen LogP) is 0.461. The largest absolute Gasteiger partial charge is 0.354 e. The zero-order valence-corrected chi connectivity index (χ0v) is 10.8. The van der Waals surface area contributed by atoms with Gasteiger partial charge in [-0.3, -0.25) is 19.5 Å². The Morgan fingerprint density at radius 3 is 2.69 bits per heavy atom. The third-order valence-electron chi connectivity index (χ3n) is 2.15. The summed E-state index contributed by atoms with van der Waals surface area (Å²) in [6, 6.07) is 0.103. The summed E-state index contributed by atoms with van der Waals surface area (Å²) in [5.41, 5.74) is 0. The SMILES string of the molecule is CN=C1S[C@@H](CC(=O)NC(C)C)C(=O)N1C. The first kappa shape index (κ1) is 13.0. The van der Waals surface area contributed by atoms with Crippen molar-refractivity contribution in [3.63, 3.8) is 0 Å². The smallest absolute Gasteiger partial charge is 0.242 e. The minimum Gasteiger partial charge on any atom is -0.354 e. The quantitative estimate of drug-likeness (QED) is 0.783. The van der Waals surface area contributed by atoms with Gasteiger partial charge in [0, 0.05) is 26.6 Å². The number of carbonyl (C=O) groups is 2. The lowest BCUT2D eigenvalue weighted by Gasteiger charge is -2.10. The van der Waals surface area contributed by atoms with Gasteiger partial charge in [-0.1, -0.05) is 11.8 Å². The molecule has 1 saturated heterocycles. The first-order valence-electron chi connectivity index (χ1n) is 5.16. The fourth-order valence-electron chi connectivity index (χ4n) is 1.45. The highest BCUT2D eigenvalue weighted by molar-refractivity contribution is 8.15. The molecule has 0 spiro atoms. The summed E-state index contributed by atoms with van der Waals surface area (Å²) in [6.07, 6.45) is 0.213. The van der Waals surface area contributed by atoms with Crippen molar-refractivity contribution in [1.82, 2.24) is 10.2 Å². The van der Waals surface area contributed by atoms with E-state index in [9.17, 15) is 9.59 Å². The highest BCUT2D eigenvalue weighted by Gasteiger charge is 2.36. The van der Waals surface area contributed by atoms with Crippen LogP contribution >= 0.6 is 11.8 Å². The first-order chi connectivity index (χ1) is 7.45. The van der Waals surface area contributed by atoms with Crippen LogP contribution in [-0.4, -0.2) is 47.3 Å². The Morgan fingerprint density at radius 1 is 1.62 bits per heavy atom. The molecule has 0 aromatic heterocycles. The van der Waals surface area contributed by atoms with Crippen molar-refractivity contribution in [3.05, 3.63) is 0 Å². The standard InChI is InChI=1S/C10H17N3O2S/c1-6(2)12-8(14)5-7-9(15)13(4)10(11-3)16-7/h6-7H,5H2,1-4H3,(H,12,14)/t7-/m0/s1. The zero-order valence-electron chi connectivity index (χ0n) is 9.98. The molecule has 1 fully saturated rings. The third kappa shape index (κ3) is 2.98. The molecule has 0 bridgehead atoms. The molecular formula is C10H17N3O2S. The number of aliphatic imine (C=N–C) groups is 1. The van der Waals surface area contributed by atoms with Crippen molar-refractivity contribution in [1.29, 1.82) is 0 Å². The minimum absolute atomic E-state index is 0.0514. The van der Waals surface area contributed by atoms with Gasteiger partial charge in [-0.2, -0.15) is 0 Å². The van der Waals surface area contributed by atoms with Crippen molar-refractivity contribution in [2.24, 2.45) is 4.99 Å². The van der Waals surface area contributed by atoms with Crippen molar-refractivity contribution in [2.75, 3.05) is 14.1 Å². The molecule has 90 valence electrons. The van der Waals surface area contributed by atoms with Gasteiger partial charge in [0.15, 0.2) is 5.17 Å². The molecule has 0 aliphatic carbocycles. The van der Waals surface area contributed by atoms with Gasteiger partial charge in [0.2, 0.25) is 11.8 Å². The Hall–Kier alpha value is -1.04. The summed E-state index contributed by atoms with van der Waals surface area (Å²) in [6.45, 7) is 3.79. The van der Waals surface area contributed by atoms with Gasteiger partial charge in [-0.15, -0.1) is 0 Å². The van der Waals surface area contributed by atoms with Crippen LogP contribution in [0.25, 0.3) is 0 Å². The van der Waals surface area contributed by atoms with Gasteiger partial charge in [0.1, 0.15) is 5.25 Å². The highest BCUT2D eigenvalue weighted by Crippen LogP contribution is 2.27. The van der Waals surface area contributed by atoms with E-state index in [1.807, 2.05) is 13.8 Å². The average Bonchev–Trinajstić information content (AvgIpc) is 2.44. The van der Waals surface area contributed by atoms with E-state index in [2.05, 4.69) is 10.3 Å². The number of hydrogen-bond acceptors (Lipinski definition) is 4. The lowest BCUT2D eigenvalue weighted by Crippen LogP contribution is -2.35. The second-order valence-corrected chi connectivity index (χ2v) is 5.11. The van der Waals surface area contributed by atoms with Crippen LogP contribution in [-0.2, 0) is 9.59 Å². The number of amidine groups is 1. The monoisotopic (exact) mass is 243 g/mol. The Kier molecular flexibility index (Phi) is 4.35. The molecule has 1 N–H and O–H groups in total. The third-order valence-corrected chi connectivity index (χ3v) is 3.47. The van der Waals surface area contributed by atoms with Gasteiger partial charge in [0.05, 0.1) is 0 Å². The number of nitrogens with one attached hydrogen (secondary N) is 1. The topological polar surface area (TPSA) is 61.8 Å². The molecule has 1 atom stereocenters. The summed E-state index contributed by atoms with van der Waals surface area (Å²) >= 11 is 1.35. The molecule has 1 heterocycles. The molecule has 0 saturated carbocycles. The Balaban J connectivity index is 2.57. The summed E-state index contributed by atoms with van der Waals surface area (Å²) in [4.78, 5) is 28.8. The Bertz CT molecular complexity index is 328. The van der Waals surface area contributed by atoms with Crippen molar-refractivity contribution in [2.45, 2.75) is 31.6 Å². The van der Waals surface area contributed by atoms with Gasteiger partial charge < -0.3 is 5.32 Å². The zero-order chi connectivity index (χ0) is 12.3. The molecule has 6 heteroatoms. The summed E-state index contributed by atoms with van der Waals surface area (Å²) in [7, 11) is 3.32. The first-order valence-corrected chi connectivity index (χ1v) is 6.04. The highest BCUT2D eigenvalue weighted by atomic mass is 32.2. The Labute approximate surface area is 99.7 Å². The molecular weight excluding hydrogens is 226 g/mol. The van der Waals surface area contributed by atoms with E-state index in [-0.39, 0.29) is 29.5 Å². The second kappa shape index (κ2) is 5.34. The van der Waals surface area contributed by atoms with Crippen LogP contribution in [0.3, 0.4) is 0 Å². The van der Waals surface area contributed by atoms with E-state index >= 15 is 0 Å². The summed E-state index contributed by atoms with van der Waals surface area (Å²) in [5, 5.41) is 3.12. The maximum absolute atomic E-state index is 11.7. The van der Waals surface area contributed by atoms with E-state index in [1.54, 1.807) is 14.1 Å². The molecule has 0 aromatic rings. The number of rotatable bonds is 3. The van der Waals surface area contributed by atoms with E-state index < -0.39 is 0 Å². The molecule has 1 rings (SSSR count). The van der Waals surface area contributed by atoms with Gasteiger partial charge >= 0.3 is 0 Å². The van der Waals surface area contributed by atoms with E-state index in [0.717, 1.165) is 0 Å². The van der Waals surface area contributed by atoms with Gasteiger partial charge in [-0.25, -0.2) is 0 Å². The van der Waals surface area contributed by atoms with E-state index in [0.29, 0.717) is 5.17 Å². The van der Waals surface area contributed by atoms with Crippen LogP contribution in [0.2, 0.25) is 0 Å². The van der Waals surface area contributed by atoms with Crippen LogP contribution in [0.4, 0.5) is 0 Å². The van der Waals surface area contributed by atoms with E-state index in [4.69, 9.17) is 0 Å². The maximum atomic E-state index is 11.7. The normalized spacial score (nSPS) is 23.3. The summed E-state index contributed by atoms with van der Waals surface area (Å²) in [5.74, 6) is -0.142. The minimum atomic E-state index is -0.331. The van der Waals surface area contributed by atoms with Crippen LogP contribution in [0.5, 0.6) is 0 Å². The molecule has 16 heavy (non-hydrogen) atoms. The van der Waals surface area contributed by atoms with Crippen molar-refractivity contribution < 1.29 is 9.59 Å². The maximum Gasteiger partial charge on any atom is 0.242 e.